The molecule has 0 aromatic carbocycles. The summed E-state index contributed by atoms with van der Waals surface area (Å²) in [6, 6.07) is 0. The Kier molecular flexibility index (Phi) is 10.9. The van der Waals surface area contributed by atoms with Gasteiger partial charge in [-0.05, 0) is 46.0 Å². The van der Waals surface area contributed by atoms with Gasteiger partial charge in [0.25, 0.3) is 0 Å². The summed E-state index contributed by atoms with van der Waals surface area (Å²) in [6.07, 6.45) is 6.39. The van der Waals surface area contributed by atoms with Crippen molar-refractivity contribution in [1.29, 1.82) is 0 Å². The van der Waals surface area contributed by atoms with Crippen molar-refractivity contribution in [3.63, 3.8) is 0 Å². The Morgan fingerprint density at radius 1 is 1.07 bits per heavy atom. The Bertz CT molecular complexity index is 486. The van der Waals surface area contributed by atoms with E-state index in [2.05, 4.69) is 34.0 Å². The number of nitrogens with zero attached hydrogens (tertiary/aromatic N) is 3. The third-order valence-electron chi connectivity index (χ3n) is 6.29. The first-order chi connectivity index (χ1) is 13.6. The summed E-state index contributed by atoms with van der Waals surface area (Å²) in [5.41, 5.74) is 0.0845. The molecule has 29 heavy (non-hydrogen) atoms. The zero-order valence-electron chi connectivity index (χ0n) is 18.5. The van der Waals surface area contributed by atoms with Crippen LogP contribution in [0, 0.1) is 0 Å². The van der Waals surface area contributed by atoms with E-state index >= 15 is 0 Å². The lowest BCUT2D eigenvalue weighted by molar-refractivity contribution is -0.0721. The molecule has 7 nitrogen and oxygen atoms in total. The summed E-state index contributed by atoms with van der Waals surface area (Å²) < 4.78 is 17.4. The Labute approximate surface area is 193 Å². The molecule has 3 rings (SSSR count). The molecule has 0 spiro atoms. The molecule has 0 radical (unpaired) electrons. The second-order valence-electron chi connectivity index (χ2n) is 8.82. The molecule has 0 aromatic heterocycles. The number of guanidine groups is 1. The average molecular weight is 524 g/mol. The molecule has 3 fully saturated rings. The van der Waals surface area contributed by atoms with E-state index in [1.54, 1.807) is 0 Å². The third kappa shape index (κ3) is 7.79. The number of aliphatic imine (C=N–C) groups is 1. The summed E-state index contributed by atoms with van der Waals surface area (Å²) >= 11 is 0. The van der Waals surface area contributed by atoms with Gasteiger partial charge < -0.3 is 24.4 Å². The maximum absolute atomic E-state index is 6.15. The number of hydrogen-bond donors (Lipinski definition) is 1. The SMILES string of the molecule is CN=C(NCC(C)(C)N1CCOCC1)N1CCC(OCC2CCCCO2)CC1.I. The average Bonchev–Trinajstić information content (AvgIpc) is 2.75. The van der Waals surface area contributed by atoms with Crippen LogP contribution in [0.4, 0.5) is 0 Å². The van der Waals surface area contributed by atoms with Crippen molar-refractivity contribution < 1.29 is 14.2 Å². The smallest absolute Gasteiger partial charge is 0.193 e. The highest BCUT2D eigenvalue weighted by molar-refractivity contribution is 14.0. The van der Waals surface area contributed by atoms with Gasteiger partial charge in [-0.25, -0.2) is 0 Å². The minimum atomic E-state index is 0. The van der Waals surface area contributed by atoms with Crippen molar-refractivity contribution in [3.05, 3.63) is 0 Å². The minimum absolute atomic E-state index is 0. The Balaban J connectivity index is 0.00000300. The molecule has 3 aliphatic rings. The maximum Gasteiger partial charge on any atom is 0.193 e. The number of ether oxygens (including phenoxy) is 3. The van der Waals surface area contributed by atoms with Crippen molar-refractivity contribution in [2.75, 3.05) is 66.2 Å². The van der Waals surface area contributed by atoms with Crippen LogP contribution in [0.25, 0.3) is 0 Å². The molecular formula is C21H41IN4O3. The molecule has 170 valence electrons. The molecule has 8 heteroatoms. The summed E-state index contributed by atoms with van der Waals surface area (Å²) in [6.45, 7) is 12.8. The molecule has 0 aliphatic carbocycles. The third-order valence-corrected chi connectivity index (χ3v) is 6.29. The molecule has 0 amide bonds. The minimum Gasteiger partial charge on any atom is -0.379 e. The van der Waals surface area contributed by atoms with Crippen LogP contribution in [0.15, 0.2) is 4.99 Å². The quantitative estimate of drug-likeness (QED) is 0.327. The second-order valence-corrected chi connectivity index (χ2v) is 8.82. The first-order valence-corrected chi connectivity index (χ1v) is 11.1. The Morgan fingerprint density at radius 3 is 2.41 bits per heavy atom. The van der Waals surface area contributed by atoms with Crippen LogP contribution < -0.4 is 5.32 Å². The van der Waals surface area contributed by atoms with Crippen LogP contribution in [-0.2, 0) is 14.2 Å². The van der Waals surface area contributed by atoms with Gasteiger partial charge in [0.05, 0.1) is 32.0 Å². The van der Waals surface area contributed by atoms with E-state index < -0.39 is 0 Å². The fraction of sp³-hybridized carbons (Fsp3) is 0.952. The van der Waals surface area contributed by atoms with Gasteiger partial charge in [0.1, 0.15) is 0 Å². The van der Waals surface area contributed by atoms with E-state index in [0.717, 1.165) is 84.4 Å². The first-order valence-electron chi connectivity index (χ1n) is 11.1. The van der Waals surface area contributed by atoms with Crippen LogP contribution in [0.5, 0.6) is 0 Å². The number of piperidine rings is 1. The first kappa shape index (κ1) is 25.1. The number of morpholine rings is 1. The van der Waals surface area contributed by atoms with Gasteiger partial charge in [-0.3, -0.25) is 9.89 Å². The van der Waals surface area contributed by atoms with Gasteiger partial charge in [0.2, 0.25) is 0 Å². The van der Waals surface area contributed by atoms with Crippen molar-refractivity contribution in [3.8, 4) is 0 Å². The molecule has 3 saturated heterocycles. The standard InChI is InChI=1S/C21H40N4O3.HI/c1-21(2,25-11-14-26-15-12-25)17-23-20(22-3)24-9-7-18(8-10-24)28-16-19-6-4-5-13-27-19;/h18-19H,4-17H2,1-3H3,(H,22,23);1H. The van der Waals surface area contributed by atoms with E-state index in [1.807, 2.05) is 7.05 Å². The number of hydrogen-bond acceptors (Lipinski definition) is 5. The summed E-state index contributed by atoms with van der Waals surface area (Å²) in [7, 11) is 1.88. The zero-order chi connectivity index (χ0) is 19.8. The molecular weight excluding hydrogens is 483 g/mol. The van der Waals surface area contributed by atoms with Crippen LogP contribution in [-0.4, -0.2) is 99.7 Å². The van der Waals surface area contributed by atoms with Crippen LogP contribution in [0.2, 0.25) is 0 Å². The molecule has 3 aliphatic heterocycles. The number of halogens is 1. The summed E-state index contributed by atoms with van der Waals surface area (Å²) in [5.74, 6) is 1.01. The molecule has 1 atom stereocenters. The molecule has 1 N–H and O–H groups in total. The highest BCUT2D eigenvalue weighted by Crippen LogP contribution is 2.19. The zero-order valence-corrected chi connectivity index (χ0v) is 20.9. The summed E-state index contributed by atoms with van der Waals surface area (Å²) in [5, 5.41) is 3.61. The van der Waals surface area contributed by atoms with Crippen molar-refractivity contribution >= 4 is 29.9 Å². The molecule has 1 unspecified atom stereocenters. The monoisotopic (exact) mass is 524 g/mol. The molecule has 0 bridgehead atoms. The molecule has 0 saturated carbocycles. The van der Waals surface area contributed by atoms with Gasteiger partial charge in [-0.2, -0.15) is 0 Å². The Hall–Kier alpha value is -0.160. The maximum atomic E-state index is 6.15. The van der Waals surface area contributed by atoms with Gasteiger partial charge in [0, 0.05) is 51.9 Å². The van der Waals surface area contributed by atoms with Crippen molar-refractivity contribution in [1.82, 2.24) is 15.1 Å². The van der Waals surface area contributed by atoms with E-state index in [-0.39, 0.29) is 29.5 Å². The number of likely N-dealkylation sites (tertiary alicyclic amines) is 1. The summed E-state index contributed by atoms with van der Waals surface area (Å²) in [4.78, 5) is 9.40. The second kappa shape index (κ2) is 12.6. The number of nitrogens with one attached hydrogen (secondary N) is 1. The predicted molar refractivity (Wildman–Crippen MR) is 127 cm³/mol. The Morgan fingerprint density at radius 2 is 1.79 bits per heavy atom. The lowest BCUT2D eigenvalue weighted by Crippen LogP contribution is -2.57. The predicted octanol–water partition coefficient (Wildman–Crippen LogP) is 2.34. The lowest BCUT2D eigenvalue weighted by atomic mass is 10.0. The molecule has 3 heterocycles. The van der Waals surface area contributed by atoms with E-state index in [4.69, 9.17) is 14.2 Å². The van der Waals surface area contributed by atoms with Crippen LogP contribution in [0.3, 0.4) is 0 Å². The van der Waals surface area contributed by atoms with Gasteiger partial charge in [0.15, 0.2) is 5.96 Å². The highest BCUT2D eigenvalue weighted by Gasteiger charge is 2.30. The normalized spacial score (nSPS) is 25.6. The van der Waals surface area contributed by atoms with Crippen molar-refractivity contribution in [2.45, 2.75) is 63.7 Å². The lowest BCUT2D eigenvalue weighted by Gasteiger charge is -2.42. The van der Waals surface area contributed by atoms with Crippen molar-refractivity contribution in [2.24, 2.45) is 4.99 Å². The van der Waals surface area contributed by atoms with E-state index in [1.165, 1.54) is 12.8 Å². The van der Waals surface area contributed by atoms with Gasteiger partial charge in [-0.1, -0.05) is 0 Å². The number of rotatable bonds is 6. The molecule has 0 aromatic rings. The topological polar surface area (TPSA) is 58.6 Å². The van der Waals surface area contributed by atoms with E-state index in [0.29, 0.717) is 12.2 Å². The highest BCUT2D eigenvalue weighted by atomic mass is 127. The fourth-order valence-electron chi connectivity index (χ4n) is 4.32. The fourth-order valence-corrected chi connectivity index (χ4v) is 4.32. The van der Waals surface area contributed by atoms with E-state index in [9.17, 15) is 0 Å². The van der Waals surface area contributed by atoms with Crippen LogP contribution >= 0.6 is 24.0 Å². The van der Waals surface area contributed by atoms with Gasteiger partial charge >= 0.3 is 0 Å². The van der Waals surface area contributed by atoms with Gasteiger partial charge in [-0.15, -0.1) is 24.0 Å². The van der Waals surface area contributed by atoms with Crippen LogP contribution in [0.1, 0.15) is 46.0 Å². The largest absolute Gasteiger partial charge is 0.379 e.